The quantitative estimate of drug-likeness (QED) is 0.602. The summed E-state index contributed by atoms with van der Waals surface area (Å²) in [5.41, 5.74) is 2.13. The third kappa shape index (κ3) is 3.50. The van der Waals surface area contributed by atoms with Crippen LogP contribution in [0.15, 0.2) is 72.2 Å². The summed E-state index contributed by atoms with van der Waals surface area (Å²) in [5.74, 6) is -0.896. The molecule has 2 aromatic rings. The molecule has 2 aliphatic rings. The Balaban J connectivity index is 1.95. The zero-order valence-corrected chi connectivity index (χ0v) is 16.6. The van der Waals surface area contributed by atoms with Crippen LogP contribution in [0.4, 0.5) is 0 Å². The molecular formula is C21H19N5O2S. The molecule has 0 radical (unpaired) electrons. The maximum atomic E-state index is 13.5. The molecule has 0 fully saturated rings. The Morgan fingerprint density at radius 2 is 1.72 bits per heavy atom. The highest BCUT2D eigenvalue weighted by molar-refractivity contribution is 7.71. The maximum Gasteiger partial charge on any atom is 0.278 e. The minimum atomic E-state index is -0.448. The van der Waals surface area contributed by atoms with Crippen LogP contribution in [0.3, 0.4) is 0 Å². The lowest BCUT2D eigenvalue weighted by atomic mass is 10.1. The van der Waals surface area contributed by atoms with Crippen LogP contribution >= 0.6 is 12.2 Å². The number of imide groups is 1. The second kappa shape index (κ2) is 7.84. The summed E-state index contributed by atoms with van der Waals surface area (Å²) in [6, 6.07) is 5.59. The first kappa shape index (κ1) is 18.8. The van der Waals surface area contributed by atoms with Crippen molar-refractivity contribution in [3.63, 3.8) is 0 Å². The number of hydrogen-bond donors (Lipinski definition) is 2. The number of nitrogens with zero attached hydrogens (tertiary/aromatic N) is 3. The number of nitrogens with one attached hydrogen (secondary N) is 2. The van der Waals surface area contributed by atoms with Crippen molar-refractivity contribution < 1.29 is 9.59 Å². The summed E-state index contributed by atoms with van der Waals surface area (Å²) in [7, 11) is 0. The molecule has 0 saturated heterocycles. The molecule has 7 nitrogen and oxygen atoms in total. The van der Waals surface area contributed by atoms with Gasteiger partial charge < -0.3 is 10.6 Å². The molecule has 2 amide bonds. The first-order chi connectivity index (χ1) is 14.1. The molecule has 0 saturated carbocycles. The van der Waals surface area contributed by atoms with Gasteiger partial charge in [0, 0.05) is 35.8 Å². The molecule has 2 aliphatic heterocycles. The van der Waals surface area contributed by atoms with Crippen LogP contribution in [0.25, 0.3) is 11.0 Å². The molecule has 8 heteroatoms. The number of hydrogen-bond acceptors (Lipinski definition) is 6. The van der Waals surface area contributed by atoms with Gasteiger partial charge in [-0.15, -0.1) is 0 Å². The highest BCUT2D eigenvalue weighted by Crippen LogP contribution is 2.19. The van der Waals surface area contributed by atoms with E-state index in [1.54, 1.807) is 49.0 Å². The Kier molecular flexibility index (Phi) is 5.09. The van der Waals surface area contributed by atoms with Crippen LogP contribution in [-0.4, -0.2) is 34.6 Å². The predicted molar refractivity (Wildman–Crippen MR) is 114 cm³/mol. The van der Waals surface area contributed by atoms with Crippen molar-refractivity contribution in [3.05, 3.63) is 82.5 Å². The summed E-state index contributed by atoms with van der Waals surface area (Å²) in [4.78, 5) is 31.4. The fourth-order valence-electron chi connectivity index (χ4n) is 3.20. The highest BCUT2D eigenvalue weighted by atomic mass is 32.1. The zero-order valence-electron chi connectivity index (χ0n) is 15.8. The molecular weight excluding hydrogens is 386 g/mol. The number of amides is 2. The lowest BCUT2D eigenvalue weighted by Crippen LogP contribution is -2.49. The molecule has 29 heavy (non-hydrogen) atoms. The van der Waals surface area contributed by atoms with Crippen molar-refractivity contribution in [1.29, 1.82) is 0 Å². The van der Waals surface area contributed by atoms with Gasteiger partial charge >= 0.3 is 0 Å². The first-order valence-corrected chi connectivity index (χ1v) is 9.53. The van der Waals surface area contributed by atoms with Gasteiger partial charge in [-0.1, -0.05) is 24.4 Å². The normalized spacial score (nSPS) is 15.2. The van der Waals surface area contributed by atoms with E-state index in [0.717, 1.165) is 16.0 Å². The SMILES string of the molecule is Cc1cc2cccnc2n(N(C(=O)C2=CC=CNC2)C(=O)C2=CC=CNC2)c1=S. The number of carbonyl (C=O) groups is 2. The van der Waals surface area contributed by atoms with Crippen LogP contribution in [0, 0.1) is 11.6 Å². The number of fused-ring (bicyclic) bond motifs is 1. The smallest absolute Gasteiger partial charge is 0.278 e. The molecule has 0 aliphatic carbocycles. The molecule has 0 aromatic carbocycles. The molecule has 0 atom stereocenters. The van der Waals surface area contributed by atoms with Gasteiger partial charge in [-0.05, 0) is 55.2 Å². The Bertz CT molecular complexity index is 1150. The number of pyridine rings is 2. The molecule has 0 unspecified atom stereocenters. The largest absolute Gasteiger partial charge is 0.387 e. The van der Waals surface area contributed by atoms with Gasteiger partial charge in [-0.3, -0.25) is 9.59 Å². The molecule has 0 spiro atoms. The molecule has 2 aromatic heterocycles. The topological polar surface area (TPSA) is 79.3 Å². The minimum absolute atomic E-state index is 0.320. The predicted octanol–water partition coefficient (Wildman–Crippen LogP) is 2.15. The van der Waals surface area contributed by atoms with E-state index in [1.165, 1.54) is 4.68 Å². The van der Waals surface area contributed by atoms with Crippen molar-refractivity contribution in [2.45, 2.75) is 6.92 Å². The lowest BCUT2D eigenvalue weighted by molar-refractivity contribution is -0.125. The second-order valence-electron chi connectivity index (χ2n) is 6.65. The fraction of sp³-hybridized carbons (Fsp3) is 0.143. The van der Waals surface area contributed by atoms with Crippen molar-refractivity contribution in [3.8, 4) is 0 Å². The number of carbonyl (C=O) groups excluding carboxylic acids is 2. The number of dihydropyridines is 2. The average Bonchev–Trinajstić information content (AvgIpc) is 2.77. The summed E-state index contributed by atoms with van der Waals surface area (Å²) in [6.07, 6.45) is 12.0. The van der Waals surface area contributed by atoms with Crippen molar-refractivity contribution >= 4 is 35.1 Å². The average molecular weight is 405 g/mol. The van der Waals surface area contributed by atoms with E-state index in [0.29, 0.717) is 34.5 Å². The van der Waals surface area contributed by atoms with Gasteiger partial charge in [0.2, 0.25) is 0 Å². The lowest BCUT2D eigenvalue weighted by Gasteiger charge is -2.28. The van der Waals surface area contributed by atoms with Crippen LogP contribution < -0.4 is 15.6 Å². The summed E-state index contributed by atoms with van der Waals surface area (Å²) in [5, 5.41) is 7.90. The van der Waals surface area contributed by atoms with Gasteiger partial charge in [0.05, 0.1) is 0 Å². The van der Waals surface area contributed by atoms with Crippen LogP contribution in [0.2, 0.25) is 0 Å². The molecule has 146 valence electrons. The van der Waals surface area contributed by atoms with E-state index < -0.39 is 11.8 Å². The van der Waals surface area contributed by atoms with Crippen LogP contribution in [-0.2, 0) is 9.59 Å². The van der Waals surface area contributed by atoms with Gasteiger partial charge in [0.1, 0.15) is 4.64 Å². The van der Waals surface area contributed by atoms with E-state index in [-0.39, 0.29) is 0 Å². The van der Waals surface area contributed by atoms with Crippen LogP contribution in [0.5, 0.6) is 0 Å². The summed E-state index contributed by atoms with van der Waals surface area (Å²) in [6.45, 7) is 2.49. The van der Waals surface area contributed by atoms with Gasteiger partial charge in [-0.25, -0.2) is 9.66 Å². The molecule has 4 rings (SSSR count). The van der Waals surface area contributed by atoms with Crippen molar-refractivity contribution in [2.24, 2.45) is 0 Å². The minimum Gasteiger partial charge on any atom is -0.387 e. The third-order valence-corrected chi connectivity index (χ3v) is 5.16. The third-order valence-electron chi connectivity index (χ3n) is 4.66. The van der Waals surface area contributed by atoms with E-state index >= 15 is 0 Å². The van der Waals surface area contributed by atoms with Crippen molar-refractivity contribution in [2.75, 3.05) is 18.1 Å². The number of aryl methyl sites for hydroxylation is 1. The Labute approximate surface area is 172 Å². The van der Waals surface area contributed by atoms with E-state index in [1.807, 2.05) is 19.1 Å². The fourth-order valence-corrected chi connectivity index (χ4v) is 3.43. The second-order valence-corrected chi connectivity index (χ2v) is 7.03. The monoisotopic (exact) mass is 405 g/mol. The Hall–Kier alpha value is -3.52. The number of allylic oxidation sites excluding steroid dienone is 4. The molecule has 2 N–H and O–H groups in total. The number of rotatable bonds is 3. The van der Waals surface area contributed by atoms with E-state index in [2.05, 4.69) is 15.6 Å². The van der Waals surface area contributed by atoms with Gasteiger partial charge in [-0.2, -0.15) is 5.01 Å². The van der Waals surface area contributed by atoms with Crippen LogP contribution in [0.1, 0.15) is 5.56 Å². The summed E-state index contributed by atoms with van der Waals surface area (Å²) >= 11 is 5.62. The van der Waals surface area contributed by atoms with E-state index in [4.69, 9.17) is 12.2 Å². The van der Waals surface area contributed by atoms with Gasteiger partial charge in [0.25, 0.3) is 11.8 Å². The Morgan fingerprint density at radius 3 is 2.28 bits per heavy atom. The van der Waals surface area contributed by atoms with Gasteiger partial charge in [0.15, 0.2) is 5.65 Å². The summed E-state index contributed by atoms with van der Waals surface area (Å²) < 4.78 is 1.81. The zero-order chi connectivity index (χ0) is 20.4. The number of aromatic nitrogens is 2. The first-order valence-electron chi connectivity index (χ1n) is 9.12. The Morgan fingerprint density at radius 1 is 1.10 bits per heavy atom. The van der Waals surface area contributed by atoms with Crippen molar-refractivity contribution in [1.82, 2.24) is 20.3 Å². The molecule has 0 bridgehead atoms. The standard InChI is InChI=1S/C21H19N5O2S/c1-14-11-15-5-4-10-24-18(15)25(21(14)29)26(19(27)16-6-2-8-22-12-16)20(28)17-7-3-9-23-13-17/h2-11,22-23H,12-13H2,1H3. The highest BCUT2D eigenvalue weighted by Gasteiger charge is 2.31. The molecule has 4 heterocycles. The maximum absolute atomic E-state index is 13.5. The van der Waals surface area contributed by atoms with E-state index in [9.17, 15) is 9.59 Å².